The van der Waals surface area contributed by atoms with E-state index in [9.17, 15) is 31.5 Å². The summed E-state index contributed by atoms with van der Waals surface area (Å²) in [6.45, 7) is 0.319. The van der Waals surface area contributed by atoms with E-state index in [4.69, 9.17) is 5.11 Å². The van der Waals surface area contributed by atoms with Crippen LogP contribution in [0.15, 0.2) is 35.5 Å². The van der Waals surface area contributed by atoms with Gasteiger partial charge in [0.2, 0.25) is 10.0 Å². The van der Waals surface area contributed by atoms with Gasteiger partial charge in [-0.15, -0.1) is 0 Å². The minimum atomic E-state index is -4.09. The van der Waals surface area contributed by atoms with Gasteiger partial charge in [0.25, 0.3) is 5.91 Å². The lowest BCUT2D eigenvalue weighted by Gasteiger charge is -2.34. The molecule has 1 atom stereocenters. The Bertz CT molecular complexity index is 1350. The lowest BCUT2D eigenvalue weighted by Crippen LogP contribution is -2.50. The van der Waals surface area contributed by atoms with Crippen molar-refractivity contribution in [3.63, 3.8) is 0 Å². The van der Waals surface area contributed by atoms with Gasteiger partial charge in [0.1, 0.15) is 11.4 Å². The number of unbranched alkanes of at least 4 members (excludes halogenated alkanes) is 5. The maximum atomic E-state index is 13.2. The highest BCUT2D eigenvalue weighted by molar-refractivity contribution is 7.89. The molecule has 1 aromatic heterocycles. The van der Waals surface area contributed by atoms with E-state index >= 15 is 0 Å². The molecule has 0 bridgehead atoms. The third kappa shape index (κ3) is 8.33. The predicted octanol–water partition coefficient (Wildman–Crippen LogP) is 3.91. The van der Waals surface area contributed by atoms with Crippen LogP contribution in [-0.4, -0.2) is 82.5 Å². The summed E-state index contributed by atoms with van der Waals surface area (Å²) >= 11 is 0. The number of sulfonamides is 1. The van der Waals surface area contributed by atoms with E-state index in [1.165, 1.54) is 4.31 Å². The second-order valence-electron chi connectivity index (χ2n) is 11.4. The van der Waals surface area contributed by atoms with Crippen LogP contribution in [-0.2, 0) is 27.8 Å². The van der Waals surface area contributed by atoms with Crippen LogP contribution in [0.1, 0.15) is 69.8 Å². The van der Waals surface area contributed by atoms with Crippen LogP contribution >= 0.6 is 0 Å². The van der Waals surface area contributed by atoms with Crippen LogP contribution < -0.4 is 5.32 Å². The Morgan fingerprint density at radius 3 is 2.40 bits per heavy atom. The van der Waals surface area contributed by atoms with E-state index in [0.29, 0.717) is 37.9 Å². The molecule has 1 fully saturated rings. The van der Waals surface area contributed by atoms with Gasteiger partial charge in [0.15, 0.2) is 0 Å². The molecular weight excluding hydrogens is 573 g/mol. The zero-order valence-electron chi connectivity index (χ0n) is 23.8. The second kappa shape index (κ2) is 13.9. The number of alkyl halides is 3. The van der Waals surface area contributed by atoms with E-state index in [1.807, 2.05) is 35.0 Å². The maximum Gasteiger partial charge on any atom is 0.389 e. The maximum absolute atomic E-state index is 13.2. The quantitative estimate of drug-likeness (QED) is 0.263. The number of rotatable bonds is 15. The molecule has 3 heterocycles. The number of nitrogens with zero attached hydrogens (tertiary/aromatic N) is 3. The lowest BCUT2D eigenvalue weighted by molar-refractivity contribution is -0.135. The summed E-state index contributed by atoms with van der Waals surface area (Å²) in [7, 11) is -3.57. The number of amidine groups is 1. The summed E-state index contributed by atoms with van der Waals surface area (Å²) in [6.07, 6.45) is 1.57. The molecular formula is C29H41F3N4O5S. The van der Waals surface area contributed by atoms with Gasteiger partial charge in [-0.05, 0) is 49.8 Å². The average molecular weight is 615 g/mol. The molecule has 42 heavy (non-hydrogen) atoms. The number of halogens is 3. The number of amides is 1. The van der Waals surface area contributed by atoms with Crippen molar-refractivity contribution < 1.29 is 36.6 Å². The second-order valence-corrected chi connectivity index (χ2v) is 13.5. The third-order valence-electron chi connectivity index (χ3n) is 8.25. The van der Waals surface area contributed by atoms with Gasteiger partial charge in [-0.2, -0.15) is 13.2 Å². The first kappa shape index (κ1) is 32.4. The number of aliphatic hydroxyl groups excluding tert-OH is 2. The molecule has 3 N–H and O–H groups in total. The van der Waals surface area contributed by atoms with E-state index in [1.54, 1.807) is 0 Å². The SMILES string of the molecule is O=C1NC(CCCCCCCCC(F)(F)F)=NC12CCN(S(=O)(=O)CCc1cccc3c1ccn3C[C@H](O)CO)CC2. The van der Waals surface area contributed by atoms with Gasteiger partial charge >= 0.3 is 6.18 Å². The van der Waals surface area contributed by atoms with Gasteiger partial charge < -0.3 is 20.1 Å². The molecule has 2 aromatic rings. The molecule has 1 amide bonds. The van der Waals surface area contributed by atoms with E-state index in [-0.39, 0.29) is 44.3 Å². The summed E-state index contributed by atoms with van der Waals surface area (Å²) in [5, 5.41) is 22.7. The molecule has 234 valence electrons. The number of carbonyl (C=O) groups excluding carboxylic acids is 1. The van der Waals surface area contributed by atoms with Gasteiger partial charge in [-0.1, -0.05) is 37.8 Å². The highest BCUT2D eigenvalue weighted by atomic mass is 32.2. The molecule has 9 nitrogen and oxygen atoms in total. The van der Waals surface area contributed by atoms with Gasteiger partial charge in [0.05, 0.1) is 25.0 Å². The van der Waals surface area contributed by atoms with Gasteiger partial charge in [-0.3, -0.25) is 9.79 Å². The number of carbonyl (C=O) groups is 1. The molecule has 1 aromatic carbocycles. The van der Waals surface area contributed by atoms with E-state index in [0.717, 1.165) is 42.1 Å². The Labute approximate surface area is 244 Å². The summed E-state index contributed by atoms with van der Waals surface area (Å²) in [6, 6.07) is 7.53. The molecule has 2 aliphatic heterocycles. The number of aliphatic imine (C=N–C) groups is 1. The first-order valence-electron chi connectivity index (χ1n) is 14.7. The van der Waals surface area contributed by atoms with Crippen LogP contribution in [0.2, 0.25) is 0 Å². The van der Waals surface area contributed by atoms with Crippen LogP contribution in [0.4, 0.5) is 13.2 Å². The van der Waals surface area contributed by atoms with Crippen molar-refractivity contribution in [1.29, 1.82) is 0 Å². The molecule has 0 radical (unpaired) electrons. The fourth-order valence-electron chi connectivity index (χ4n) is 5.82. The normalized spacial score (nSPS) is 18.5. The van der Waals surface area contributed by atoms with Crippen LogP contribution in [0, 0.1) is 0 Å². The van der Waals surface area contributed by atoms with Gasteiger partial charge in [0, 0.05) is 43.0 Å². The van der Waals surface area contributed by atoms with Crippen molar-refractivity contribution in [1.82, 2.24) is 14.2 Å². The molecule has 2 aliphatic rings. The zero-order chi connectivity index (χ0) is 30.4. The minimum Gasteiger partial charge on any atom is -0.394 e. The summed E-state index contributed by atoms with van der Waals surface area (Å²) in [5.74, 6) is 0.352. The van der Waals surface area contributed by atoms with E-state index < -0.39 is 34.3 Å². The zero-order valence-corrected chi connectivity index (χ0v) is 24.6. The number of hydrogen-bond donors (Lipinski definition) is 3. The molecule has 1 saturated heterocycles. The molecule has 0 aliphatic carbocycles. The Kier molecular flexibility index (Phi) is 10.7. The number of nitrogens with one attached hydrogen (secondary N) is 1. The minimum absolute atomic E-state index is 0.0690. The Morgan fingerprint density at radius 1 is 1.02 bits per heavy atom. The Balaban J connectivity index is 1.24. The Hall–Kier alpha value is -2.48. The molecule has 1 spiro atoms. The first-order chi connectivity index (χ1) is 19.9. The predicted molar refractivity (Wildman–Crippen MR) is 155 cm³/mol. The molecule has 0 saturated carbocycles. The Morgan fingerprint density at radius 2 is 1.71 bits per heavy atom. The van der Waals surface area contributed by atoms with Gasteiger partial charge in [-0.25, -0.2) is 12.7 Å². The number of piperidine rings is 1. The number of fused-ring (bicyclic) bond motifs is 1. The number of aliphatic hydroxyl groups is 2. The van der Waals surface area contributed by atoms with Crippen molar-refractivity contribution in [2.24, 2.45) is 4.99 Å². The smallest absolute Gasteiger partial charge is 0.389 e. The number of aromatic nitrogens is 1. The van der Waals surface area contributed by atoms with Crippen molar-refractivity contribution in [2.75, 3.05) is 25.4 Å². The average Bonchev–Trinajstić information content (AvgIpc) is 3.49. The van der Waals surface area contributed by atoms with Crippen LogP contribution in [0.25, 0.3) is 10.9 Å². The summed E-state index contributed by atoms with van der Waals surface area (Å²) < 4.78 is 66.4. The van der Waals surface area contributed by atoms with Crippen molar-refractivity contribution in [3.05, 3.63) is 36.0 Å². The molecule has 13 heteroatoms. The largest absolute Gasteiger partial charge is 0.394 e. The topological polar surface area (TPSA) is 124 Å². The highest BCUT2D eigenvalue weighted by Gasteiger charge is 2.47. The third-order valence-corrected chi connectivity index (χ3v) is 10.1. The van der Waals surface area contributed by atoms with Crippen molar-refractivity contribution in [3.8, 4) is 0 Å². The lowest BCUT2D eigenvalue weighted by atomic mass is 9.89. The summed E-state index contributed by atoms with van der Waals surface area (Å²) in [5.41, 5.74) is 0.804. The van der Waals surface area contributed by atoms with Crippen LogP contribution in [0.3, 0.4) is 0 Å². The van der Waals surface area contributed by atoms with E-state index in [2.05, 4.69) is 10.3 Å². The molecule has 4 rings (SSSR count). The van der Waals surface area contributed by atoms with Crippen molar-refractivity contribution >= 4 is 32.7 Å². The number of aryl methyl sites for hydroxylation is 1. The number of benzene rings is 1. The highest BCUT2D eigenvalue weighted by Crippen LogP contribution is 2.32. The summed E-state index contributed by atoms with van der Waals surface area (Å²) in [4.78, 5) is 17.5. The number of hydrogen-bond acceptors (Lipinski definition) is 6. The molecule has 0 unspecified atom stereocenters. The fourth-order valence-corrected chi connectivity index (χ4v) is 7.29. The fraction of sp³-hybridized carbons (Fsp3) is 0.655. The van der Waals surface area contributed by atoms with Crippen molar-refractivity contribution in [2.45, 2.75) is 95.0 Å². The standard InChI is InChI=1S/C29H41F3N4O5S/c30-29(31,32)13-6-4-2-1-3-5-10-26-33-27(39)28(34-26)14-17-36(18-15-28)42(40,41)19-12-22-8-7-9-25-24(22)11-16-35(25)20-23(38)21-37/h7-9,11,16,23,37-38H,1-6,10,12-15,17-21H2,(H,33,34,39)/t23-/m0/s1. The monoisotopic (exact) mass is 614 g/mol. The van der Waals surface area contributed by atoms with Crippen LogP contribution in [0.5, 0.6) is 0 Å². The first-order valence-corrected chi connectivity index (χ1v) is 16.3.